The van der Waals surface area contributed by atoms with Crippen LogP contribution in [0.15, 0.2) is 15.7 Å². The normalized spacial score (nSPS) is 25.4. The molecule has 2 fully saturated rings. The highest BCUT2D eigenvalue weighted by molar-refractivity contribution is 5.85. The molecule has 0 spiro atoms. The average molecular weight is 315 g/mol. The molecule has 2 aliphatic rings. The van der Waals surface area contributed by atoms with Crippen LogP contribution in [0.3, 0.4) is 0 Å². The van der Waals surface area contributed by atoms with Gasteiger partial charge in [-0.1, -0.05) is 0 Å². The molecule has 2 unspecified atom stereocenters. The topological polar surface area (TPSA) is 59.3 Å². The lowest BCUT2D eigenvalue weighted by atomic mass is 10.1. The summed E-state index contributed by atoms with van der Waals surface area (Å²) in [5.41, 5.74) is 0.329. The second-order valence-electron chi connectivity index (χ2n) is 6.04. The maximum atomic E-state index is 11.9. The van der Waals surface area contributed by atoms with Gasteiger partial charge in [-0.05, 0) is 19.3 Å². The zero-order valence-electron chi connectivity index (χ0n) is 12.5. The van der Waals surface area contributed by atoms with Crippen molar-refractivity contribution >= 4 is 12.4 Å². The predicted octanol–water partition coefficient (Wildman–Crippen LogP) is -0.168. The van der Waals surface area contributed by atoms with E-state index in [4.69, 9.17) is 0 Å². The van der Waals surface area contributed by atoms with Crippen molar-refractivity contribution in [3.8, 4) is 0 Å². The Morgan fingerprint density at radius 3 is 2.62 bits per heavy atom. The molecule has 1 aromatic rings. The zero-order valence-corrected chi connectivity index (χ0v) is 13.4. The number of halogens is 1. The fourth-order valence-corrected chi connectivity index (χ4v) is 3.32. The van der Waals surface area contributed by atoms with E-state index in [-0.39, 0.29) is 23.7 Å². The third kappa shape index (κ3) is 3.22. The minimum atomic E-state index is -0.248. The van der Waals surface area contributed by atoms with Gasteiger partial charge in [-0.2, -0.15) is 0 Å². The monoisotopic (exact) mass is 314 g/mol. The van der Waals surface area contributed by atoms with Gasteiger partial charge in [-0.25, -0.2) is 4.79 Å². The summed E-state index contributed by atoms with van der Waals surface area (Å²) in [6.45, 7) is 2.70. The smallest absolute Gasteiger partial charge is 0.310 e. The van der Waals surface area contributed by atoms with Crippen molar-refractivity contribution < 1.29 is 0 Å². The van der Waals surface area contributed by atoms with Gasteiger partial charge in [0.05, 0.1) is 0 Å². The highest BCUT2D eigenvalue weighted by Crippen LogP contribution is 2.21. The van der Waals surface area contributed by atoms with Crippen molar-refractivity contribution in [1.82, 2.24) is 19.4 Å². The Morgan fingerprint density at radius 2 is 1.86 bits per heavy atom. The van der Waals surface area contributed by atoms with Gasteiger partial charge in [-0.3, -0.25) is 18.8 Å². The Kier molecular flexibility index (Phi) is 4.91. The Bertz CT molecular complexity index is 624. The number of aromatic nitrogens is 2. The summed E-state index contributed by atoms with van der Waals surface area (Å²) in [4.78, 5) is 26.1. The summed E-state index contributed by atoms with van der Waals surface area (Å²) in [5, 5.41) is 3.64. The first-order valence-electron chi connectivity index (χ1n) is 7.29. The van der Waals surface area contributed by atoms with Crippen LogP contribution in [0.4, 0.5) is 0 Å². The van der Waals surface area contributed by atoms with Crippen LogP contribution in [-0.4, -0.2) is 39.2 Å². The molecule has 3 heterocycles. The van der Waals surface area contributed by atoms with Crippen molar-refractivity contribution in [3.63, 3.8) is 0 Å². The first-order chi connectivity index (χ1) is 9.54. The molecule has 118 valence electrons. The predicted molar refractivity (Wildman–Crippen MR) is 84.0 cm³/mol. The molecule has 2 aliphatic heterocycles. The van der Waals surface area contributed by atoms with Crippen LogP contribution in [0.1, 0.15) is 25.0 Å². The summed E-state index contributed by atoms with van der Waals surface area (Å²) < 4.78 is 2.73. The fourth-order valence-electron chi connectivity index (χ4n) is 3.32. The average Bonchev–Trinajstić information content (AvgIpc) is 2.76. The molecule has 0 saturated carbocycles. The van der Waals surface area contributed by atoms with Crippen molar-refractivity contribution in [2.45, 2.75) is 37.9 Å². The molecule has 2 atom stereocenters. The first kappa shape index (κ1) is 16.3. The maximum Gasteiger partial charge on any atom is 0.330 e. The number of nitrogens with zero attached hydrogens (tertiary/aromatic N) is 3. The van der Waals surface area contributed by atoms with Gasteiger partial charge in [0, 0.05) is 57.6 Å². The van der Waals surface area contributed by atoms with Crippen LogP contribution < -0.4 is 16.6 Å². The van der Waals surface area contributed by atoms with E-state index in [1.54, 1.807) is 17.7 Å². The third-order valence-corrected chi connectivity index (χ3v) is 4.62. The number of likely N-dealkylation sites (tertiary alicyclic amines) is 1. The van der Waals surface area contributed by atoms with Crippen molar-refractivity contribution in [1.29, 1.82) is 0 Å². The summed E-state index contributed by atoms with van der Waals surface area (Å²) >= 11 is 0. The van der Waals surface area contributed by atoms with Crippen molar-refractivity contribution in [2.24, 2.45) is 14.1 Å². The minimum Gasteiger partial charge on any atom is -0.310 e. The van der Waals surface area contributed by atoms with E-state index < -0.39 is 0 Å². The molecule has 1 aromatic heterocycles. The molecule has 0 aliphatic carbocycles. The van der Waals surface area contributed by atoms with Gasteiger partial charge >= 0.3 is 5.69 Å². The van der Waals surface area contributed by atoms with E-state index in [1.807, 2.05) is 0 Å². The lowest BCUT2D eigenvalue weighted by Gasteiger charge is -2.24. The quantitative estimate of drug-likeness (QED) is 0.823. The molecule has 3 rings (SSSR count). The maximum absolute atomic E-state index is 11.9. The largest absolute Gasteiger partial charge is 0.330 e. The molecule has 0 amide bonds. The van der Waals surface area contributed by atoms with E-state index in [1.165, 1.54) is 19.9 Å². The Morgan fingerprint density at radius 1 is 1.14 bits per heavy atom. The van der Waals surface area contributed by atoms with E-state index in [0.717, 1.165) is 29.8 Å². The summed E-state index contributed by atoms with van der Waals surface area (Å²) in [6.07, 6.45) is 3.66. The number of fused-ring (bicyclic) bond motifs is 2. The van der Waals surface area contributed by atoms with E-state index in [9.17, 15) is 9.59 Å². The van der Waals surface area contributed by atoms with Crippen LogP contribution in [0, 0.1) is 0 Å². The first-order valence-corrected chi connectivity index (χ1v) is 7.29. The van der Waals surface area contributed by atoms with Gasteiger partial charge in [0.15, 0.2) is 0 Å². The van der Waals surface area contributed by atoms with Gasteiger partial charge in [0.2, 0.25) is 0 Å². The summed E-state index contributed by atoms with van der Waals surface area (Å²) in [7, 11) is 3.25. The summed E-state index contributed by atoms with van der Waals surface area (Å²) in [5.74, 6) is 0. The van der Waals surface area contributed by atoms with Gasteiger partial charge < -0.3 is 5.32 Å². The molecule has 1 N–H and O–H groups in total. The van der Waals surface area contributed by atoms with Crippen LogP contribution >= 0.6 is 12.4 Å². The second-order valence-corrected chi connectivity index (χ2v) is 6.04. The van der Waals surface area contributed by atoms with Gasteiger partial charge in [0.25, 0.3) is 5.56 Å². The number of rotatable bonds is 2. The number of nitrogens with one attached hydrogen (secondary N) is 1. The Hall–Kier alpha value is -1.11. The van der Waals surface area contributed by atoms with E-state index in [2.05, 4.69) is 10.2 Å². The van der Waals surface area contributed by atoms with E-state index >= 15 is 0 Å². The molecule has 0 radical (unpaired) electrons. The van der Waals surface area contributed by atoms with Crippen LogP contribution in [-0.2, 0) is 20.6 Å². The summed E-state index contributed by atoms with van der Waals surface area (Å²) in [6, 6.07) is 2.79. The molecule has 2 saturated heterocycles. The van der Waals surface area contributed by atoms with Crippen LogP contribution in [0.5, 0.6) is 0 Å². The SMILES string of the molecule is Cl.Cn1c(CN2CCC3CCC(C2)N3)cc(=O)n(C)c1=O. The number of hydrogen-bond donors (Lipinski definition) is 1. The second kappa shape index (κ2) is 6.34. The Labute approximate surface area is 130 Å². The molecule has 0 aromatic carbocycles. The molecule has 7 heteroatoms. The Balaban J connectivity index is 0.00000161. The van der Waals surface area contributed by atoms with Crippen LogP contribution in [0.25, 0.3) is 0 Å². The van der Waals surface area contributed by atoms with E-state index in [0.29, 0.717) is 18.6 Å². The molecular formula is C14H23ClN4O2. The van der Waals surface area contributed by atoms with Gasteiger partial charge in [0.1, 0.15) is 0 Å². The molecule has 21 heavy (non-hydrogen) atoms. The van der Waals surface area contributed by atoms with Crippen LogP contribution in [0.2, 0.25) is 0 Å². The molecular weight excluding hydrogens is 292 g/mol. The van der Waals surface area contributed by atoms with Gasteiger partial charge in [-0.15, -0.1) is 12.4 Å². The standard InChI is InChI=1S/C14H22N4O2.ClH/c1-16-12(7-13(19)17(2)14(16)20)9-18-6-5-10-3-4-11(8-18)15-10;/h7,10-11,15H,3-6,8-9H2,1-2H3;1H. The fraction of sp³-hybridized carbons (Fsp3) is 0.714. The lowest BCUT2D eigenvalue weighted by molar-refractivity contribution is 0.244. The molecule has 6 nitrogen and oxygen atoms in total. The number of hydrogen-bond acceptors (Lipinski definition) is 4. The highest BCUT2D eigenvalue weighted by Gasteiger charge is 2.29. The van der Waals surface area contributed by atoms with Crippen molar-refractivity contribution in [3.05, 3.63) is 32.6 Å². The molecule has 2 bridgehead atoms. The highest BCUT2D eigenvalue weighted by atomic mass is 35.5. The lowest BCUT2D eigenvalue weighted by Crippen LogP contribution is -2.41. The zero-order chi connectivity index (χ0) is 14.3. The van der Waals surface area contributed by atoms with Crippen molar-refractivity contribution in [2.75, 3.05) is 13.1 Å². The minimum absolute atomic E-state index is 0. The third-order valence-electron chi connectivity index (χ3n) is 4.62.